The van der Waals surface area contributed by atoms with Crippen molar-refractivity contribution in [1.29, 1.82) is 0 Å². The summed E-state index contributed by atoms with van der Waals surface area (Å²) in [5, 5.41) is 7.42. The minimum absolute atomic E-state index is 0.0307. The molecule has 6 nitrogen and oxygen atoms in total. The second-order valence-corrected chi connectivity index (χ2v) is 8.88. The number of nitrogens with one attached hydrogen (secondary N) is 1. The van der Waals surface area contributed by atoms with Gasteiger partial charge in [0, 0.05) is 17.8 Å². The van der Waals surface area contributed by atoms with Crippen LogP contribution in [0.5, 0.6) is 0 Å². The molecule has 1 amide bonds. The van der Waals surface area contributed by atoms with Crippen LogP contribution >= 0.6 is 0 Å². The molecule has 2 heterocycles. The lowest BCUT2D eigenvalue weighted by atomic mass is 10.1. The van der Waals surface area contributed by atoms with Crippen molar-refractivity contribution in [1.82, 2.24) is 15.1 Å². The lowest BCUT2D eigenvalue weighted by molar-refractivity contribution is -0.120. The van der Waals surface area contributed by atoms with Crippen molar-refractivity contribution in [3.05, 3.63) is 47.3 Å². The second-order valence-electron chi connectivity index (χ2n) is 6.65. The zero-order chi connectivity index (χ0) is 18.0. The summed E-state index contributed by atoms with van der Waals surface area (Å²) in [6.07, 6.45) is 0.885. The number of para-hydroxylation sites is 1. The molecule has 0 spiro atoms. The van der Waals surface area contributed by atoms with Gasteiger partial charge in [0.1, 0.15) is 0 Å². The zero-order valence-electron chi connectivity index (χ0n) is 14.5. The molecular formula is C18H23N3O3S. The summed E-state index contributed by atoms with van der Waals surface area (Å²) < 4.78 is 24.8. The van der Waals surface area contributed by atoms with Gasteiger partial charge in [-0.05, 0) is 38.3 Å². The van der Waals surface area contributed by atoms with Crippen molar-refractivity contribution < 1.29 is 13.2 Å². The van der Waals surface area contributed by atoms with Gasteiger partial charge in [0.05, 0.1) is 29.3 Å². The van der Waals surface area contributed by atoms with E-state index in [1.54, 1.807) is 0 Å². The molecule has 1 fully saturated rings. The Balaban J connectivity index is 1.65. The van der Waals surface area contributed by atoms with E-state index in [0.29, 0.717) is 13.0 Å². The summed E-state index contributed by atoms with van der Waals surface area (Å²) in [6.45, 7) is 4.28. The molecule has 1 aliphatic rings. The van der Waals surface area contributed by atoms with Crippen LogP contribution in [0.1, 0.15) is 23.4 Å². The van der Waals surface area contributed by atoms with Gasteiger partial charge in [-0.1, -0.05) is 18.2 Å². The van der Waals surface area contributed by atoms with Crippen LogP contribution in [-0.2, 0) is 21.1 Å². The molecule has 3 rings (SSSR count). The van der Waals surface area contributed by atoms with Gasteiger partial charge in [0.2, 0.25) is 5.91 Å². The average Bonchev–Trinajstić information content (AvgIpc) is 3.07. The topological polar surface area (TPSA) is 81.1 Å². The number of hydrogen-bond acceptors (Lipinski definition) is 4. The smallest absolute Gasteiger partial charge is 0.224 e. The molecule has 1 N–H and O–H groups in total. The van der Waals surface area contributed by atoms with E-state index in [9.17, 15) is 13.2 Å². The standard InChI is InChI=1S/C18H23N3O3S/c1-13-17(14(2)21(20-13)16-6-4-3-5-7-16)10-18(22)19-11-15-8-9-25(23,24)12-15/h3-7,15H,8-12H2,1-2H3,(H,19,22)/t15-/m1/s1. The van der Waals surface area contributed by atoms with E-state index in [1.165, 1.54) is 0 Å². The number of carbonyl (C=O) groups is 1. The van der Waals surface area contributed by atoms with E-state index in [0.717, 1.165) is 22.6 Å². The summed E-state index contributed by atoms with van der Waals surface area (Å²) in [4.78, 5) is 12.3. The van der Waals surface area contributed by atoms with Crippen molar-refractivity contribution in [3.8, 4) is 5.69 Å². The first kappa shape index (κ1) is 17.7. The third-order valence-electron chi connectivity index (χ3n) is 4.69. The highest BCUT2D eigenvalue weighted by atomic mass is 32.2. The van der Waals surface area contributed by atoms with Crippen LogP contribution in [0.15, 0.2) is 30.3 Å². The SMILES string of the molecule is Cc1nn(-c2ccccc2)c(C)c1CC(=O)NC[C@H]1CCS(=O)(=O)C1. The van der Waals surface area contributed by atoms with Crippen LogP contribution in [0.4, 0.5) is 0 Å². The maximum Gasteiger partial charge on any atom is 0.224 e. The fraction of sp³-hybridized carbons (Fsp3) is 0.444. The minimum Gasteiger partial charge on any atom is -0.356 e. The molecule has 0 bridgehead atoms. The van der Waals surface area contributed by atoms with Gasteiger partial charge >= 0.3 is 0 Å². The molecule has 1 aromatic heterocycles. The quantitative estimate of drug-likeness (QED) is 0.877. The van der Waals surface area contributed by atoms with Gasteiger partial charge in [0.15, 0.2) is 9.84 Å². The molecule has 7 heteroatoms. The predicted molar refractivity (Wildman–Crippen MR) is 96.5 cm³/mol. The molecule has 0 radical (unpaired) electrons. The molecule has 0 saturated carbocycles. The number of sulfone groups is 1. The Morgan fingerprint density at radius 3 is 2.64 bits per heavy atom. The van der Waals surface area contributed by atoms with E-state index in [1.807, 2.05) is 48.9 Å². The molecule has 0 unspecified atom stereocenters. The zero-order valence-corrected chi connectivity index (χ0v) is 15.3. The number of carbonyl (C=O) groups excluding carboxylic acids is 1. The van der Waals surface area contributed by atoms with Gasteiger partial charge in [-0.3, -0.25) is 4.79 Å². The van der Waals surface area contributed by atoms with Crippen LogP contribution < -0.4 is 5.32 Å². The first-order valence-electron chi connectivity index (χ1n) is 8.43. The summed E-state index contributed by atoms with van der Waals surface area (Å²) in [7, 11) is -2.91. The fourth-order valence-electron chi connectivity index (χ4n) is 3.27. The lowest BCUT2D eigenvalue weighted by Gasteiger charge is -2.10. The number of hydrogen-bond donors (Lipinski definition) is 1. The molecule has 2 aromatic rings. The highest BCUT2D eigenvalue weighted by Gasteiger charge is 2.28. The Hall–Kier alpha value is -2.15. The molecule has 0 aliphatic carbocycles. The molecule has 134 valence electrons. The van der Waals surface area contributed by atoms with Gasteiger partial charge in [-0.15, -0.1) is 0 Å². The van der Waals surface area contributed by atoms with Crippen molar-refractivity contribution in [2.45, 2.75) is 26.7 Å². The molecule has 25 heavy (non-hydrogen) atoms. The van der Waals surface area contributed by atoms with Crippen LogP contribution in [0.3, 0.4) is 0 Å². The van der Waals surface area contributed by atoms with Gasteiger partial charge in [-0.2, -0.15) is 5.10 Å². The number of rotatable bonds is 5. The van der Waals surface area contributed by atoms with E-state index in [4.69, 9.17) is 0 Å². The number of benzene rings is 1. The van der Waals surface area contributed by atoms with E-state index in [-0.39, 0.29) is 29.8 Å². The maximum absolute atomic E-state index is 12.3. The van der Waals surface area contributed by atoms with Crippen molar-refractivity contribution in [2.24, 2.45) is 5.92 Å². The summed E-state index contributed by atoms with van der Waals surface area (Å²) >= 11 is 0. The average molecular weight is 361 g/mol. The lowest BCUT2D eigenvalue weighted by Crippen LogP contribution is -2.31. The largest absolute Gasteiger partial charge is 0.356 e. The predicted octanol–water partition coefficient (Wildman–Crippen LogP) is 1.58. The van der Waals surface area contributed by atoms with Gasteiger partial charge in [-0.25, -0.2) is 13.1 Å². The molecule has 1 atom stereocenters. The van der Waals surface area contributed by atoms with Crippen LogP contribution in [0.25, 0.3) is 5.69 Å². The van der Waals surface area contributed by atoms with E-state index >= 15 is 0 Å². The number of aromatic nitrogens is 2. The van der Waals surface area contributed by atoms with Crippen LogP contribution in [0, 0.1) is 19.8 Å². The Kier molecular flexibility index (Phi) is 4.94. The first-order chi connectivity index (χ1) is 11.9. The second kappa shape index (κ2) is 7.00. The summed E-state index contributed by atoms with van der Waals surface area (Å²) in [5.74, 6) is 0.346. The first-order valence-corrected chi connectivity index (χ1v) is 10.3. The van der Waals surface area contributed by atoms with Gasteiger partial charge in [0.25, 0.3) is 0 Å². The minimum atomic E-state index is -2.91. The molecule has 1 saturated heterocycles. The Labute approximate surface area is 148 Å². The third-order valence-corrected chi connectivity index (χ3v) is 6.53. The molecule has 1 aromatic carbocycles. The van der Waals surface area contributed by atoms with Crippen molar-refractivity contribution >= 4 is 15.7 Å². The van der Waals surface area contributed by atoms with E-state index < -0.39 is 9.84 Å². The summed E-state index contributed by atoms with van der Waals surface area (Å²) in [5.41, 5.74) is 3.66. The van der Waals surface area contributed by atoms with E-state index in [2.05, 4.69) is 10.4 Å². The maximum atomic E-state index is 12.3. The third kappa shape index (κ3) is 4.10. The van der Waals surface area contributed by atoms with Crippen molar-refractivity contribution in [2.75, 3.05) is 18.1 Å². The Bertz CT molecular complexity index is 872. The monoisotopic (exact) mass is 361 g/mol. The van der Waals surface area contributed by atoms with Crippen LogP contribution in [-0.4, -0.2) is 42.2 Å². The normalized spacial score (nSPS) is 19.0. The molecule has 1 aliphatic heterocycles. The highest BCUT2D eigenvalue weighted by Crippen LogP contribution is 2.19. The number of nitrogens with zero attached hydrogens (tertiary/aromatic N) is 2. The molecular weight excluding hydrogens is 338 g/mol. The number of aryl methyl sites for hydroxylation is 1. The van der Waals surface area contributed by atoms with Crippen molar-refractivity contribution in [3.63, 3.8) is 0 Å². The highest BCUT2D eigenvalue weighted by molar-refractivity contribution is 7.91. The fourth-order valence-corrected chi connectivity index (χ4v) is 5.13. The number of amides is 1. The Morgan fingerprint density at radius 2 is 2.00 bits per heavy atom. The van der Waals surface area contributed by atoms with Crippen LogP contribution in [0.2, 0.25) is 0 Å². The summed E-state index contributed by atoms with van der Waals surface area (Å²) in [6, 6.07) is 9.81. The van der Waals surface area contributed by atoms with Gasteiger partial charge < -0.3 is 5.32 Å². The Morgan fingerprint density at radius 1 is 1.28 bits per heavy atom.